The van der Waals surface area contributed by atoms with Crippen molar-refractivity contribution >= 4 is 32.0 Å². The highest BCUT2D eigenvalue weighted by atomic mass is 79.9. The second-order valence-corrected chi connectivity index (χ2v) is 7.60. The molecule has 0 aliphatic carbocycles. The summed E-state index contributed by atoms with van der Waals surface area (Å²) in [5, 5.41) is 0. The Morgan fingerprint density at radius 3 is 2.27 bits per heavy atom. The third-order valence-corrected chi connectivity index (χ3v) is 6.28. The van der Waals surface area contributed by atoms with E-state index < -0.39 is 10.2 Å². The molecule has 9 heteroatoms. The molecule has 1 aliphatic heterocycles. The van der Waals surface area contributed by atoms with E-state index >= 15 is 0 Å². The SMILES string of the molecule is CCN(CC)S(=O)(=O)N1CCN(C(=O)c2ccc(Br)o2)CC1. The fourth-order valence-corrected chi connectivity index (χ4v) is 4.33. The number of carbonyl (C=O) groups excluding carboxylic acids is 1. The van der Waals surface area contributed by atoms with Crippen molar-refractivity contribution in [1.29, 1.82) is 0 Å². The minimum atomic E-state index is -3.44. The number of hydrogen-bond donors (Lipinski definition) is 0. The lowest BCUT2D eigenvalue weighted by Crippen LogP contribution is -2.54. The maximum atomic E-state index is 12.4. The van der Waals surface area contributed by atoms with Crippen molar-refractivity contribution in [3.8, 4) is 0 Å². The average molecular weight is 394 g/mol. The first kappa shape index (κ1) is 17.5. The molecule has 2 heterocycles. The molecule has 1 aromatic heterocycles. The summed E-state index contributed by atoms with van der Waals surface area (Å²) in [6.07, 6.45) is 0. The number of furan rings is 1. The van der Waals surface area contributed by atoms with Gasteiger partial charge in [-0.15, -0.1) is 0 Å². The van der Waals surface area contributed by atoms with Crippen molar-refractivity contribution in [1.82, 2.24) is 13.5 Å². The van der Waals surface area contributed by atoms with E-state index in [-0.39, 0.29) is 11.7 Å². The van der Waals surface area contributed by atoms with Gasteiger partial charge >= 0.3 is 0 Å². The molecule has 1 aliphatic rings. The molecule has 1 saturated heterocycles. The van der Waals surface area contributed by atoms with Crippen LogP contribution >= 0.6 is 15.9 Å². The summed E-state index contributed by atoms with van der Waals surface area (Å²) in [5.41, 5.74) is 0. The zero-order chi connectivity index (χ0) is 16.3. The molecule has 7 nitrogen and oxygen atoms in total. The van der Waals surface area contributed by atoms with Crippen LogP contribution in [0.2, 0.25) is 0 Å². The van der Waals surface area contributed by atoms with Gasteiger partial charge in [-0.05, 0) is 28.1 Å². The Morgan fingerprint density at radius 1 is 1.23 bits per heavy atom. The molecule has 22 heavy (non-hydrogen) atoms. The largest absolute Gasteiger partial charge is 0.444 e. The minimum Gasteiger partial charge on any atom is -0.444 e. The Labute approximate surface area is 139 Å². The van der Waals surface area contributed by atoms with Gasteiger partial charge in [0.05, 0.1) is 0 Å². The second-order valence-electron chi connectivity index (χ2n) is 4.89. The van der Waals surface area contributed by atoms with Gasteiger partial charge < -0.3 is 9.32 Å². The highest BCUT2D eigenvalue weighted by molar-refractivity contribution is 9.10. The van der Waals surface area contributed by atoms with Gasteiger partial charge in [0.15, 0.2) is 10.4 Å². The predicted octanol–water partition coefficient (Wildman–Crippen LogP) is 1.39. The van der Waals surface area contributed by atoms with Gasteiger partial charge in [-0.25, -0.2) is 0 Å². The number of rotatable bonds is 5. The third-order valence-electron chi connectivity index (χ3n) is 3.67. The molecule has 0 unspecified atom stereocenters. The molecule has 1 amide bonds. The van der Waals surface area contributed by atoms with Crippen LogP contribution in [0.25, 0.3) is 0 Å². The van der Waals surface area contributed by atoms with Crippen molar-refractivity contribution in [2.75, 3.05) is 39.3 Å². The smallest absolute Gasteiger partial charge is 0.289 e. The molecule has 2 rings (SSSR count). The molecule has 0 aromatic carbocycles. The van der Waals surface area contributed by atoms with Crippen LogP contribution < -0.4 is 0 Å². The van der Waals surface area contributed by atoms with Gasteiger partial charge in [-0.1, -0.05) is 13.8 Å². The summed E-state index contributed by atoms with van der Waals surface area (Å²) in [5.74, 6) is 0.0394. The van der Waals surface area contributed by atoms with Gasteiger partial charge in [0.1, 0.15) is 0 Å². The van der Waals surface area contributed by atoms with Crippen LogP contribution in [0, 0.1) is 0 Å². The molecule has 0 atom stereocenters. The van der Waals surface area contributed by atoms with Gasteiger partial charge in [0, 0.05) is 39.3 Å². The highest BCUT2D eigenvalue weighted by Crippen LogP contribution is 2.18. The van der Waals surface area contributed by atoms with Crippen LogP contribution in [0.4, 0.5) is 0 Å². The summed E-state index contributed by atoms with van der Waals surface area (Å²) in [7, 11) is -3.44. The summed E-state index contributed by atoms with van der Waals surface area (Å²) in [6.45, 7) is 5.83. The number of carbonyl (C=O) groups is 1. The van der Waals surface area contributed by atoms with Gasteiger partial charge in [0.2, 0.25) is 0 Å². The normalized spacial score (nSPS) is 17.2. The van der Waals surface area contributed by atoms with E-state index in [1.807, 2.05) is 13.8 Å². The van der Waals surface area contributed by atoms with Crippen LogP contribution in [0.15, 0.2) is 21.2 Å². The number of piperazine rings is 1. The Bertz CT molecular complexity index is 619. The Kier molecular flexibility index (Phi) is 5.65. The lowest BCUT2D eigenvalue weighted by molar-refractivity contribution is 0.0661. The summed E-state index contributed by atoms with van der Waals surface area (Å²) < 4.78 is 33.4. The van der Waals surface area contributed by atoms with E-state index in [1.165, 1.54) is 8.61 Å². The van der Waals surface area contributed by atoms with Crippen molar-refractivity contribution < 1.29 is 17.6 Å². The molecule has 0 saturated carbocycles. The number of hydrogen-bond acceptors (Lipinski definition) is 4. The van der Waals surface area contributed by atoms with E-state index in [0.717, 1.165) is 0 Å². The predicted molar refractivity (Wildman–Crippen MR) is 85.7 cm³/mol. The van der Waals surface area contributed by atoms with Crippen molar-refractivity contribution in [2.24, 2.45) is 0 Å². The van der Waals surface area contributed by atoms with Crippen LogP contribution in [-0.4, -0.2) is 67.1 Å². The number of nitrogens with zero attached hydrogens (tertiary/aromatic N) is 3. The Hall–Kier alpha value is -0.900. The third kappa shape index (κ3) is 3.53. The van der Waals surface area contributed by atoms with Crippen LogP contribution in [-0.2, 0) is 10.2 Å². The van der Waals surface area contributed by atoms with E-state index in [9.17, 15) is 13.2 Å². The standard InChI is InChI=1S/C13H20BrN3O4S/c1-3-16(4-2)22(19,20)17-9-7-15(8-10-17)13(18)11-5-6-12(14)21-11/h5-6H,3-4,7-10H2,1-2H3. The first-order valence-corrected chi connectivity index (χ1v) is 9.39. The zero-order valence-electron chi connectivity index (χ0n) is 12.7. The first-order valence-electron chi connectivity index (χ1n) is 7.20. The highest BCUT2D eigenvalue weighted by Gasteiger charge is 2.32. The number of amides is 1. The Morgan fingerprint density at radius 2 is 1.82 bits per heavy atom. The van der Waals surface area contributed by atoms with Crippen LogP contribution in [0.5, 0.6) is 0 Å². The van der Waals surface area contributed by atoms with Gasteiger partial charge in [0.25, 0.3) is 16.1 Å². The van der Waals surface area contributed by atoms with Gasteiger partial charge in [-0.3, -0.25) is 4.79 Å². The maximum Gasteiger partial charge on any atom is 0.289 e. The van der Waals surface area contributed by atoms with E-state index in [4.69, 9.17) is 4.42 Å². The van der Waals surface area contributed by atoms with E-state index in [1.54, 1.807) is 17.0 Å². The van der Waals surface area contributed by atoms with Crippen molar-refractivity contribution in [3.63, 3.8) is 0 Å². The topological polar surface area (TPSA) is 74.1 Å². The quantitative estimate of drug-likeness (QED) is 0.757. The molecule has 1 fully saturated rings. The van der Waals surface area contributed by atoms with Gasteiger partial charge in [-0.2, -0.15) is 17.0 Å². The van der Waals surface area contributed by atoms with Crippen LogP contribution in [0.3, 0.4) is 0 Å². The van der Waals surface area contributed by atoms with E-state index in [2.05, 4.69) is 15.9 Å². The molecule has 0 radical (unpaired) electrons. The molecule has 1 aromatic rings. The fourth-order valence-electron chi connectivity index (χ4n) is 2.42. The van der Waals surface area contributed by atoms with Crippen molar-refractivity contribution in [2.45, 2.75) is 13.8 Å². The van der Waals surface area contributed by atoms with Crippen LogP contribution in [0.1, 0.15) is 24.4 Å². The second kappa shape index (κ2) is 7.12. The maximum absolute atomic E-state index is 12.4. The molecule has 0 spiro atoms. The number of halogens is 1. The summed E-state index contributed by atoms with van der Waals surface area (Å²) in [6, 6.07) is 3.26. The molecular formula is C13H20BrN3O4S. The zero-order valence-corrected chi connectivity index (χ0v) is 15.1. The minimum absolute atomic E-state index is 0.217. The Balaban J connectivity index is 2.00. The van der Waals surface area contributed by atoms with Crippen molar-refractivity contribution in [3.05, 3.63) is 22.6 Å². The van der Waals surface area contributed by atoms with E-state index in [0.29, 0.717) is 43.9 Å². The molecular weight excluding hydrogens is 374 g/mol. The first-order chi connectivity index (χ1) is 10.4. The summed E-state index contributed by atoms with van der Waals surface area (Å²) >= 11 is 3.16. The summed E-state index contributed by atoms with van der Waals surface area (Å²) in [4.78, 5) is 13.9. The average Bonchev–Trinajstić information content (AvgIpc) is 2.94. The lowest BCUT2D eigenvalue weighted by atomic mass is 10.3. The molecule has 0 bridgehead atoms. The fraction of sp³-hybridized carbons (Fsp3) is 0.615. The molecule has 0 N–H and O–H groups in total. The lowest BCUT2D eigenvalue weighted by Gasteiger charge is -2.35. The molecule has 124 valence electrons. The monoisotopic (exact) mass is 393 g/mol.